The minimum atomic E-state index is -3.45. The van der Waals surface area contributed by atoms with Crippen molar-refractivity contribution in [2.24, 2.45) is 0 Å². The Morgan fingerprint density at radius 3 is 2.35 bits per heavy atom. The van der Waals surface area contributed by atoms with Gasteiger partial charge in [-0.2, -0.15) is 5.10 Å². The summed E-state index contributed by atoms with van der Waals surface area (Å²) in [5.41, 5.74) is 0.569. The maximum atomic E-state index is 12.5. The molecule has 0 atom stereocenters. The van der Waals surface area contributed by atoms with E-state index >= 15 is 0 Å². The first-order valence-electron chi connectivity index (χ1n) is 7.48. The Kier molecular flexibility index (Phi) is 4.86. The molecule has 5 nitrogen and oxygen atoms in total. The van der Waals surface area contributed by atoms with E-state index < -0.39 is 10.0 Å². The molecule has 2 rings (SSSR count). The molecule has 0 spiro atoms. The van der Waals surface area contributed by atoms with E-state index in [2.05, 4.69) is 9.82 Å². The summed E-state index contributed by atoms with van der Waals surface area (Å²) in [6.45, 7) is 5.73. The number of aryl methyl sites for hydroxylation is 1. The van der Waals surface area contributed by atoms with Gasteiger partial charge in [0.2, 0.25) is 10.0 Å². The van der Waals surface area contributed by atoms with Gasteiger partial charge in [0.05, 0.1) is 5.69 Å². The molecular weight excluding hydrogens is 274 g/mol. The predicted octanol–water partition coefficient (Wildman–Crippen LogP) is 2.77. The van der Waals surface area contributed by atoms with Gasteiger partial charge in [-0.3, -0.25) is 4.68 Å². The molecule has 20 heavy (non-hydrogen) atoms. The molecule has 1 aliphatic rings. The molecule has 0 radical (unpaired) electrons. The standard InChI is InChI=1S/C14H25N3O2S/c1-11(2)17-10-14(12(3)15-17)20(18,19)16-13-8-6-4-5-7-9-13/h10-11,13,16H,4-9H2,1-3H3. The molecule has 1 aliphatic carbocycles. The number of hydrogen-bond donors (Lipinski definition) is 1. The van der Waals surface area contributed by atoms with Crippen molar-refractivity contribution in [2.45, 2.75) is 76.3 Å². The van der Waals surface area contributed by atoms with Crippen LogP contribution in [0.5, 0.6) is 0 Å². The smallest absolute Gasteiger partial charge is 0.244 e. The summed E-state index contributed by atoms with van der Waals surface area (Å²) in [6, 6.07) is 0.236. The van der Waals surface area contributed by atoms with Crippen molar-refractivity contribution in [1.29, 1.82) is 0 Å². The highest BCUT2D eigenvalue weighted by atomic mass is 32.2. The van der Waals surface area contributed by atoms with Crippen molar-refractivity contribution in [2.75, 3.05) is 0 Å². The van der Waals surface area contributed by atoms with Crippen LogP contribution in [-0.2, 0) is 10.0 Å². The normalized spacial score (nSPS) is 18.4. The molecule has 1 N–H and O–H groups in total. The molecule has 1 saturated carbocycles. The quantitative estimate of drug-likeness (QED) is 0.869. The Morgan fingerprint density at radius 1 is 1.25 bits per heavy atom. The van der Waals surface area contributed by atoms with E-state index in [0.29, 0.717) is 10.6 Å². The lowest BCUT2D eigenvalue weighted by atomic mass is 10.1. The third kappa shape index (κ3) is 3.61. The second-order valence-electron chi connectivity index (χ2n) is 5.96. The van der Waals surface area contributed by atoms with E-state index in [1.54, 1.807) is 17.8 Å². The lowest BCUT2D eigenvalue weighted by molar-refractivity contribution is 0.509. The number of hydrogen-bond acceptors (Lipinski definition) is 3. The van der Waals surface area contributed by atoms with Crippen LogP contribution in [0.2, 0.25) is 0 Å². The molecule has 0 saturated heterocycles. The fourth-order valence-electron chi connectivity index (χ4n) is 2.67. The summed E-state index contributed by atoms with van der Waals surface area (Å²) in [5.74, 6) is 0. The zero-order chi connectivity index (χ0) is 14.8. The van der Waals surface area contributed by atoms with Crippen LogP contribution < -0.4 is 4.72 Å². The van der Waals surface area contributed by atoms with Crippen molar-refractivity contribution in [3.63, 3.8) is 0 Å². The van der Waals surface area contributed by atoms with Crippen molar-refractivity contribution in [3.8, 4) is 0 Å². The molecule has 1 fully saturated rings. The van der Waals surface area contributed by atoms with Crippen molar-refractivity contribution >= 4 is 10.0 Å². The molecule has 0 aromatic carbocycles. The number of nitrogens with zero attached hydrogens (tertiary/aromatic N) is 2. The molecular formula is C14H25N3O2S. The molecule has 114 valence electrons. The summed E-state index contributed by atoms with van der Waals surface area (Å²) in [5, 5.41) is 4.29. The first-order chi connectivity index (χ1) is 9.40. The molecule has 0 aliphatic heterocycles. The molecule has 6 heteroatoms. The van der Waals surface area contributed by atoms with Crippen LogP contribution in [0.3, 0.4) is 0 Å². The third-order valence-corrected chi connectivity index (χ3v) is 5.49. The molecule has 0 unspecified atom stereocenters. The zero-order valence-electron chi connectivity index (χ0n) is 12.6. The Morgan fingerprint density at radius 2 is 1.85 bits per heavy atom. The lowest BCUT2D eigenvalue weighted by Gasteiger charge is -2.15. The SMILES string of the molecule is Cc1nn(C(C)C)cc1S(=O)(=O)NC1CCCCCC1. The highest BCUT2D eigenvalue weighted by Crippen LogP contribution is 2.21. The molecule has 1 aromatic heterocycles. The van der Waals surface area contributed by atoms with E-state index in [4.69, 9.17) is 0 Å². The Labute approximate surface area is 121 Å². The van der Waals surface area contributed by atoms with Gasteiger partial charge >= 0.3 is 0 Å². The van der Waals surface area contributed by atoms with Gasteiger partial charge in [-0.25, -0.2) is 13.1 Å². The summed E-state index contributed by atoms with van der Waals surface area (Å²) in [7, 11) is -3.45. The highest BCUT2D eigenvalue weighted by Gasteiger charge is 2.25. The first kappa shape index (κ1) is 15.5. The minimum Gasteiger partial charge on any atom is -0.269 e. The van der Waals surface area contributed by atoms with E-state index in [1.807, 2.05) is 13.8 Å². The largest absolute Gasteiger partial charge is 0.269 e. The fraction of sp³-hybridized carbons (Fsp3) is 0.786. The van der Waals surface area contributed by atoms with Crippen LogP contribution in [0.25, 0.3) is 0 Å². The van der Waals surface area contributed by atoms with Gasteiger partial charge < -0.3 is 0 Å². The van der Waals surface area contributed by atoms with Crippen LogP contribution in [0.4, 0.5) is 0 Å². The van der Waals surface area contributed by atoms with Crippen molar-refractivity contribution in [1.82, 2.24) is 14.5 Å². The minimum absolute atomic E-state index is 0.0734. The Bertz CT molecular complexity index is 541. The van der Waals surface area contributed by atoms with Crippen LogP contribution in [0.1, 0.15) is 64.1 Å². The van der Waals surface area contributed by atoms with Crippen LogP contribution in [-0.4, -0.2) is 24.2 Å². The molecule has 1 heterocycles. The third-order valence-electron chi connectivity index (χ3n) is 3.87. The zero-order valence-corrected chi connectivity index (χ0v) is 13.4. The van der Waals surface area contributed by atoms with Crippen molar-refractivity contribution < 1.29 is 8.42 Å². The maximum absolute atomic E-state index is 12.5. The summed E-state index contributed by atoms with van der Waals surface area (Å²) in [6.07, 6.45) is 8.16. The van der Waals surface area contributed by atoms with Gasteiger partial charge in [-0.15, -0.1) is 0 Å². The van der Waals surface area contributed by atoms with Gasteiger partial charge in [-0.05, 0) is 33.6 Å². The second-order valence-corrected chi connectivity index (χ2v) is 7.64. The first-order valence-corrected chi connectivity index (χ1v) is 8.96. The molecule has 0 amide bonds. The van der Waals surface area contributed by atoms with Crippen LogP contribution in [0.15, 0.2) is 11.1 Å². The van der Waals surface area contributed by atoms with E-state index in [9.17, 15) is 8.42 Å². The van der Waals surface area contributed by atoms with Gasteiger partial charge in [0, 0.05) is 18.3 Å². The van der Waals surface area contributed by atoms with Crippen LogP contribution >= 0.6 is 0 Å². The Hall–Kier alpha value is -0.880. The Balaban J connectivity index is 2.17. The van der Waals surface area contributed by atoms with Crippen LogP contribution in [0, 0.1) is 6.92 Å². The molecule has 1 aromatic rings. The number of aromatic nitrogens is 2. The van der Waals surface area contributed by atoms with E-state index in [1.165, 1.54) is 12.8 Å². The molecule has 0 bridgehead atoms. The van der Waals surface area contributed by atoms with E-state index in [-0.39, 0.29) is 12.1 Å². The summed E-state index contributed by atoms with van der Waals surface area (Å²) < 4.78 is 29.6. The monoisotopic (exact) mass is 299 g/mol. The average Bonchev–Trinajstić information content (AvgIpc) is 2.59. The fourth-order valence-corrected chi connectivity index (χ4v) is 4.15. The van der Waals surface area contributed by atoms with Gasteiger partial charge in [0.15, 0.2) is 0 Å². The topological polar surface area (TPSA) is 64.0 Å². The number of sulfonamides is 1. The number of nitrogens with one attached hydrogen (secondary N) is 1. The average molecular weight is 299 g/mol. The van der Waals surface area contributed by atoms with Crippen molar-refractivity contribution in [3.05, 3.63) is 11.9 Å². The van der Waals surface area contributed by atoms with E-state index in [0.717, 1.165) is 25.7 Å². The lowest BCUT2D eigenvalue weighted by Crippen LogP contribution is -2.34. The maximum Gasteiger partial charge on any atom is 0.244 e. The van der Waals surface area contributed by atoms with Gasteiger partial charge in [-0.1, -0.05) is 25.7 Å². The van der Waals surface area contributed by atoms with Gasteiger partial charge in [0.1, 0.15) is 4.90 Å². The van der Waals surface area contributed by atoms with Gasteiger partial charge in [0.25, 0.3) is 0 Å². The highest BCUT2D eigenvalue weighted by molar-refractivity contribution is 7.89. The number of rotatable bonds is 4. The summed E-state index contributed by atoms with van der Waals surface area (Å²) >= 11 is 0. The predicted molar refractivity (Wildman–Crippen MR) is 79.2 cm³/mol. The second kappa shape index (κ2) is 6.26. The summed E-state index contributed by atoms with van der Waals surface area (Å²) in [4.78, 5) is 0.315.